The van der Waals surface area contributed by atoms with Crippen LogP contribution in [0.1, 0.15) is 40.5 Å². The molecule has 2 nitrogen and oxygen atoms in total. The first-order valence-corrected chi connectivity index (χ1v) is 5.22. The smallest absolute Gasteiger partial charge is 0.330 e. The maximum atomic E-state index is 10.9. The average molecular weight is 198 g/mol. The highest BCUT2D eigenvalue weighted by atomic mass is 16.5. The van der Waals surface area contributed by atoms with Crippen molar-refractivity contribution in [2.75, 3.05) is 7.11 Å². The monoisotopic (exact) mass is 198 g/mol. The minimum absolute atomic E-state index is 0.250. The van der Waals surface area contributed by atoms with E-state index in [1.54, 1.807) is 6.08 Å². The highest BCUT2D eigenvalue weighted by molar-refractivity contribution is 5.82. The van der Waals surface area contributed by atoms with E-state index in [9.17, 15) is 4.79 Å². The standard InChI is InChI=1S/C12H22O2/c1-9(2)11(4)7-6-10(3)8-12(13)14-5/h8-9,11H,6-7H2,1-5H3/b10-8+. The summed E-state index contributed by atoms with van der Waals surface area (Å²) in [4.78, 5) is 10.9. The molecule has 0 heterocycles. The highest BCUT2D eigenvalue weighted by Gasteiger charge is 2.07. The van der Waals surface area contributed by atoms with Gasteiger partial charge in [-0.2, -0.15) is 0 Å². The van der Waals surface area contributed by atoms with Gasteiger partial charge in [0, 0.05) is 6.08 Å². The Kier molecular flexibility index (Phi) is 6.26. The normalized spacial score (nSPS) is 14.3. The van der Waals surface area contributed by atoms with Gasteiger partial charge in [0.2, 0.25) is 0 Å². The predicted octanol–water partition coefficient (Wildman–Crippen LogP) is 3.18. The molecule has 1 unspecified atom stereocenters. The molecule has 0 amide bonds. The number of carbonyl (C=O) groups excluding carboxylic acids is 1. The Balaban J connectivity index is 3.90. The molecule has 0 aliphatic heterocycles. The molecular weight excluding hydrogens is 176 g/mol. The van der Waals surface area contributed by atoms with Gasteiger partial charge in [0.05, 0.1) is 7.11 Å². The van der Waals surface area contributed by atoms with Gasteiger partial charge in [-0.15, -0.1) is 0 Å². The number of allylic oxidation sites excluding steroid dienone is 1. The predicted molar refractivity (Wildman–Crippen MR) is 59.0 cm³/mol. The molecule has 0 bridgehead atoms. The molecule has 0 saturated carbocycles. The molecule has 0 N–H and O–H groups in total. The first-order chi connectivity index (χ1) is 6.47. The summed E-state index contributed by atoms with van der Waals surface area (Å²) >= 11 is 0. The van der Waals surface area contributed by atoms with Crippen LogP contribution in [0.5, 0.6) is 0 Å². The lowest BCUT2D eigenvalue weighted by Gasteiger charge is -2.14. The Morgan fingerprint density at radius 3 is 2.36 bits per heavy atom. The Labute approximate surface area is 87.3 Å². The zero-order chi connectivity index (χ0) is 11.1. The van der Waals surface area contributed by atoms with Crippen molar-refractivity contribution in [1.29, 1.82) is 0 Å². The lowest BCUT2D eigenvalue weighted by molar-refractivity contribution is -0.134. The number of methoxy groups -OCH3 is 1. The number of rotatable bonds is 5. The van der Waals surface area contributed by atoms with Gasteiger partial charge in [-0.3, -0.25) is 0 Å². The van der Waals surface area contributed by atoms with E-state index < -0.39 is 0 Å². The van der Waals surface area contributed by atoms with Crippen LogP contribution in [-0.2, 0) is 9.53 Å². The third-order valence-corrected chi connectivity index (χ3v) is 2.70. The van der Waals surface area contributed by atoms with Crippen LogP contribution in [0, 0.1) is 11.8 Å². The van der Waals surface area contributed by atoms with E-state index in [4.69, 9.17) is 0 Å². The molecule has 0 rings (SSSR count). The van der Waals surface area contributed by atoms with Crippen LogP contribution >= 0.6 is 0 Å². The summed E-state index contributed by atoms with van der Waals surface area (Å²) in [5.74, 6) is 1.16. The first kappa shape index (κ1) is 13.2. The van der Waals surface area contributed by atoms with Gasteiger partial charge >= 0.3 is 5.97 Å². The van der Waals surface area contributed by atoms with E-state index >= 15 is 0 Å². The van der Waals surface area contributed by atoms with Gasteiger partial charge < -0.3 is 4.74 Å². The lowest BCUT2D eigenvalue weighted by Crippen LogP contribution is -2.04. The van der Waals surface area contributed by atoms with Crippen molar-refractivity contribution < 1.29 is 9.53 Å². The minimum atomic E-state index is -0.250. The molecule has 14 heavy (non-hydrogen) atoms. The first-order valence-electron chi connectivity index (χ1n) is 5.22. The summed E-state index contributed by atoms with van der Waals surface area (Å²) in [6.45, 7) is 8.67. The van der Waals surface area contributed by atoms with Crippen molar-refractivity contribution in [1.82, 2.24) is 0 Å². The number of ether oxygens (including phenoxy) is 1. The van der Waals surface area contributed by atoms with Crippen molar-refractivity contribution in [3.8, 4) is 0 Å². The summed E-state index contributed by atoms with van der Waals surface area (Å²) in [6, 6.07) is 0. The van der Waals surface area contributed by atoms with Gasteiger partial charge in [-0.05, 0) is 31.6 Å². The summed E-state index contributed by atoms with van der Waals surface area (Å²) in [5.41, 5.74) is 1.10. The van der Waals surface area contributed by atoms with E-state index in [1.165, 1.54) is 7.11 Å². The molecule has 0 spiro atoms. The molecule has 2 heteroatoms. The van der Waals surface area contributed by atoms with Crippen LogP contribution in [0.25, 0.3) is 0 Å². The summed E-state index contributed by atoms with van der Waals surface area (Å²) in [6.07, 6.45) is 3.69. The molecule has 0 saturated heterocycles. The topological polar surface area (TPSA) is 26.3 Å². The molecular formula is C12H22O2. The molecule has 0 aliphatic rings. The van der Waals surface area contributed by atoms with Crippen molar-refractivity contribution in [2.24, 2.45) is 11.8 Å². The van der Waals surface area contributed by atoms with Crippen molar-refractivity contribution in [3.63, 3.8) is 0 Å². The van der Waals surface area contributed by atoms with Gasteiger partial charge in [-0.1, -0.05) is 26.3 Å². The fourth-order valence-electron chi connectivity index (χ4n) is 1.12. The van der Waals surface area contributed by atoms with Crippen LogP contribution in [0.4, 0.5) is 0 Å². The van der Waals surface area contributed by atoms with Crippen LogP contribution < -0.4 is 0 Å². The van der Waals surface area contributed by atoms with Crippen molar-refractivity contribution in [2.45, 2.75) is 40.5 Å². The second-order valence-corrected chi connectivity index (χ2v) is 4.27. The fourth-order valence-corrected chi connectivity index (χ4v) is 1.12. The van der Waals surface area contributed by atoms with Gasteiger partial charge in [0.1, 0.15) is 0 Å². The summed E-state index contributed by atoms with van der Waals surface area (Å²) in [7, 11) is 1.41. The van der Waals surface area contributed by atoms with Gasteiger partial charge in [-0.25, -0.2) is 4.79 Å². The van der Waals surface area contributed by atoms with Crippen LogP contribution in [0.15, 0.2) is 11.6 Å². The largest absolute Gasteiger partial charge is 0.466 e. The quantitative estimate of drug-likeness (QED) is 0.501. The molecule has 0 aliphatic carbocycles. The molecule has 0 fully saturated rings. The third kappa shape index (κ3) is 5.79. The fraction of sp³-hybridized carbons (Fsp3) is 0.750. The van der Waals surface area contributed by atoms with Crippen LogP contribution in [0.3, 0.4) is 0 Å². The molecule has 0 aromatic rings. The zero-order valence-corrected chi connectivity index (χ0v) is 9.96. The highest BCUT2D eigenvalue weighted by Crippen LogP contribution is 2.18. The van der Waals surface area contributed by atoms with E-state index in [-0.39, 0.29) is 5.97 Å². The zero-order valence-electron chi connectivity index (χ0n) is 9.96. The lowest BCUT2D eigenvalue weighted by atomic mass is 9.92. The van der Waals surface area contributed by atoms with E-state index in [0.717, 1.165) is 18.4 Å². The number of carbonyl (C=O) groups is 1. The maximum absolute atomic E-state index is 10.9. The summed E-state index contributed by atoms with van der Waals surface area (Å²) in [5, 5.41) is 0. The van der Waals surface area contributed by atoms with Gasteiger partial charge in [0.25, 0.3) is 0 Å². The van der Waals surface area contributed by atoms with E-state index in [2.05, 4.69) is 25.5 Å². The van der Waals surface area contributed by atoms with Crippen LogP contribution in [0.2, 0.25) is 0 Å². The number of hydrogen-bond acceptors (Lipinski definition) is 2. The summed E-state index contributed by atoms with van der Waals surface area (Å²) < 4.78 is 4.56. The van der Waals surface area contributed by atoms with Crippen LogP contribution in [-0.4, -0.2) is 13.1 Å². The van der Waals surface area contributed by atoms with E-state index in [1.807, 2.05) is 6.92 Å². The molecule has 1 atom stereocenters. The molecule has 0 aromatic carbocycles. The Hall–Kier alpha value is -0.790. The third-order valence-electron chi connectivity index (χ3n) is 2.70. The molecule has 82 valence electrons. The Bertz CT molecular complexity index is 204. The van der Waals surface area contributed by atoms with Crippen molar-refractivity contribution in [3.05, 3.63) is 11.6 Å². The molecule has 0 aromatic heterocycles. The number of esters is 1. The molecule has 0 radical (unpaired) electrons. The van der Waals surface area contributed by atoms with Crippen molar-refractivity contribution >= 4 is 5.97 Å². The second-order valence-electron chi connectivity index (χ2n) is 4.27. The Morgan fingerprint density at radius 2 is 1.93 bits per heavy atom. The Morgan fingerprint density at radius 1 is 1.36 bits per heavy atom. The maximum Gasteiger partial charge on any atom is 0.330 e. The minimum Gasteiger partial charge on any atom is -0.466 e. The average Bonchev–Trinajstić information content (AvgIpc) is 2.13. The van der Waals surface area contributed by atoms with Gasteiger partial charge in [0.15, 0.2) is 0 Å². The van der Waals surface area contributed by atoms with E-state index in [0.29, 0.717) is 11.8 Å². The SMILES string of the molecule is COC(=O)/C=C(\C)CCC(C)C(C)C. The second kappa shape index (κ2) is 6.63. The number of hydrogen-bond donors (Lipinski definition) is 0.